The summed E-state index contributed by atoms with van der Waals surface area (Å²) < 4.78 is 43.6. The van der Waals surface area contributed by atoms with E-state index in [1.165, 1.54) is 6.08 Å². The number of carbonyl (C=O) groups excluding carboxylic acids is 1. The number of nitrogens with zero attached hydrogens (tertiary/aromatic N) is 1. The number of ether oxygens (including phenoxy) is 3. The van der Waals surface area contributed by atoms with Crippen LogP contribution in [-0.2, 0) is 23.5 Å². The summed E-state index contributed by atoms with van der Waals surface area (Å²) >= 11 is 0. The Morgan fingerprint density at radius 3 is 2.23 bits per heavy atom. The average molecular weight is 427 g/mol. The van der Waals surface area contributed by atoms with E-state index in [9.17, 15) is 9.18 Å². The van der Waals surface area contributed by atoms with Gasteiger partial charge in [-0.25, -0.2) is 9.18 Å². The Kier molecular flexibility index (Phi) is 6.33. The molecule has 1 amide bonds. The van der Waals surface area contributed by atoms with Crippen molar-refractivity contribution in [2.75, 3.05) is 26.4 Å². The summed E-state index contributed by atoms with van der Waals surface area (Å²) in [6.45, 7) is 14.6. The van der Waals surface area contributed by atoms with Crippen molar-refractivity contribution in [2.24, 2.45) is 0 Å². The second-order valence-corrected chi connectivity index (χ2v) is 10.4. The molecule has 3 fully saturated rings. The molecule has 0 aliphatic carbocycles. The summed E-state index contributed by atoms with van der Waals surface area (Å²) in [6.07, 6.45) is 1.63. The Balaban J connectivity index is 1.76. The molecule has 0 saturated carbocycles. The third kappa shape index (κ3) is 4.84. The first-order valence-corrected chi connectivity index (χ1v) is 10.7. The van der Waals surface area contributed by atoms with Gasteiger partial charge in [-0.3, -0.25) is 4.90 Å². The molecule has 0 aromatic heterocycles. The minimum absolute atomic E-state index is 0.196. The van der Waals surface area contributed by atoms with Gasteiger partial charge >= 0.3 is 13.2 Å². The van der Waals surface area contributed by atoms with Crippen molar-refractivity contribution in [2.45, 2.75) is 89.8 Å². The number of morpholine rings is 1. The molecule has 170 valence electrons. The van der Waals surface area contributed by atoms with E-state index in [0.717, 1.165) is 0 Å². The van der Waals surface area contributed by atoms with Gasteiger partial charge in [-0.1, -0.05) is 0 Å². The van der Waals surface area contributed by atoms with E-state index in [2.05, 4.69) is 0 Å². The number of halogens is 1. The van der Waals surface area contributed by atoms with Gasteiger partial charge in [0.25, 0.3) is 0 Å². The van der Waals surface area contributed by atoms with Crippen molar-refractivity contribution in [3.8, 4) is 0 Å². The third-order valence-electron chi connectivity index (χ3n) is 6.36. The Labute approximate surface area is 179 Å². The Morgan fingerprint density at radius 2 is 1.70 bits per heavy atom. The van der Waals surface area contributed by atoms with Crippen LogP contribution < -0.4 is 0 Å². The number of carbonyl (C=O) groups is 1. The van der Waals surface area contributed by atoms with E-state index in [1.807, 2.05) is 48.5 Å². The second-order valence-electron chi connectivity index (χ2n) is 10.4. The molecular formula is C21H35BFNO6. The lowest BCUT2D eigenvalue weighted by atomic mass is 9.85. The fourth-order valence-corrected chi connectivity index (χ4v) is 3.83. The lowest BCUT2D eigenvalue weighted by Crippen LogP contribution is -2.63. The van der Waals surface area contributed by atoms with E-state index in [1.54, 1.807) is 4.90 Å². The molecule has 0 aromatic rings. The van der Waals surface area contributed by atoms with Crippen LogP contribution in [0.1, 0.15) is 61.3 Å². The fourth-order valence-electron chi connectivity index (χ4n) is 3.83. The molecule has 3 heterocycles. The normalized spacial score (nSPS) is 28.7. The molecule has 0 bridgehead atoms. The standard InChI is InChI=1S/C21H35BFNO6/c1-18(2,3)28-17(25)24-13-15(27-14-21(24)8-10-26-11-9-21)12-16(23)22-29-19(4,5)20(6,7)30-22/h12,15H,8-11,13-14H2,1-7H3. The van der Waals surface area contributed by atoms with Gasteiger partial charge in [0.2, 0.25) is 0 Å². The lowest BCUT2D eigenvalue weighted by Gasteiger charge is -2.50. The van der Waals surface area contributed by atoms with Crippen LogP contribution in [0.3, 0.4) is 0 Å². The largest absolute Gasteiger partial charge is 0.524 e. The molecule has 3 rings (SSSR count). The number of hydrogen-bond acceptors (Lipinski definition) is 6. The minimum atomic E-state index is -1.09. The lowest BCUT2D eigenvalue weighted by molar-refractivity contribution is -0.129. The molecule has 3 aliphatic rings. The quantitative estimate of drug-likeness (QED) is 0.627. The minimum Gasteiger partial charge on any atom is -0.444 e. The number of hydrogen-bond donors (Lipinski definition) is 0. The summed E-state index contributed by atoms with van der Waals surface area (Å²) in [5, 5.41) is 0. The van der Waals surface area contributed by atoms with Crippen LogP contribution in [-0.4, -0.2) is 72.9 Å². The van der Waals surface area contributed by atoms with Crippen molar-refractivity contribution < 1.29 is 32.7 Å². The van der Waals surface area contributed by atoms with Gasteiger partial charge in [0, 0.05) is 13.2 Å². The molecule has 1 spiro atoms. The van der Waals surface area contributed by atoms with Crippen LogP contribution in [0.5, 0.6) is 0 Å². The van der Waals surface area contributed by atoms with Crippen LogP contribution in [0.4, 0.5) is 9.18 Å². The molecule has 30 heavy (non-hydrogen) atoms. The van der Waals surface area contributed by atoms with Crippen LogP contribution in [0.15, 0.2) is 11.8 Å². The van der Waals surface area contributed by atoms with Crippen molar-refractivity contribution >= 4 is 13.2 Å². The van der Waals surface area contributed by atoms with Gasteiger partial charge < -0.3 is 23.5 Å². The maximum absolute atomic E-state index is 15.0. The predicted octanol–water partition coefficient (Wildman–Crippen LogP) is 3.66. The number of rotatable bonds is 2. The summed E-state index contributed by atoms with van der Waals surface area (Å²) in [5.74, 6) is 0. The van der Waals surface area contributed by atoms with Gasteiger partial charge in [0.05, 0.1) is 36.0 Å². The van der Waals surface area contributed by atoms with Crippen molar-refractivity contribution in [1.29, 1.82) is 0 Å². The molecule has 9 heteroatoms. The summed E-state index contributed by atoms with van der Waals surface area (Å²) in [6, 6.07) is 0. The van der Waals surface area contributed by atoms with Crippen LogP contribution in [0.25, 0.3) is 0 Å². The summed E-state index contributed by atoms with van der Waals surface area (Å²) in [5.41, 5.74) is -2.94. The van der Waals surface area contributed by atoms with E-state index < -0.39 is 47.4 Å². The third-order valence-corrected chi connectivity index (χ3v) is 6.36. The molecule has 3 aliphatic heterocycles. The highest BCUT2D eigenvalue weighted by Crippen LogP contribution is 2.39. The highest BCUT2D eigenvalue weighted by atomic mass is 19.1. The van der Waals surface area contributed by atoms with Gasteiger partial charge in [-0.05, 0) is 67.4 Å². The topological polar surface area (TPSA) is 66.5 Å². The smallest absolute Gasteiger partial charge is 0.444 e. The number of amides is 1. The molecule has 0 aromatic carbocycles. The SMILES string of the molecule is CC(C)(C)OC(=O)N1CC(C=C(F)B2OC(C)(C)C(C)(C)O2)OCC12CCOCC2. The zero-order chi connectivity index (χ0) is 22.4. The van der Waals surface area contributed by atoms with E-state index in [-0.39, 0.29) is 6.54 Å². The zero-order valence-corrected chi connectivity index (χ0v) is 19.2. The second kappa shape index (κ2) is 8.08. The van der Waals surface area contributed by atoms with Crippen LogP contribution in [0.2, 0.25) is 0 Å². The van der Waals surface area contributed by atoms with E-state index >= 15 is 0 Å². The van der Waals surface area contributed by atoms with Crippen molar-refractivity contribution in [3.05, 3.63) is 11.8 Å². The first kappa shape index (κ1) is 23.5. The fraction of sp³-hybridized carbons (Fsp3) is 0.857. The van der Waals surface area contributed by atoms with Crippen LogP contribution >= 0.6 is 0 Å². The summed E-state index contributed by atoms with van der Waals surface area (Å²) in [7, 11) is -1.09. The van der Waals surface area contributed by atoms with Gasteiger partial charge in [-0.2, -0.15) is 0 Å². The predicted molar refractivity (Wildman–Crippen MR) is 111 cm³/mol. The van der Waals surface area contributed by atoms with Crippen molar-refractivity contribution in [1.82, 2.24) is 4.90 Å². The first-order chi connectivity index (χ1) is 13.7. The maximum Gasteiger partial charge on any atom is 0.524 e. The van der Waals surface area contributed by atoms with Crippen molar-refractivity contribution in [3.63, 3.8) is 0 Å². The van der Waals surface area contributed by atoms with E-state index in [4.69, 9.17) is 23.5 Å². The van der Waals surface area contributed by atoms with Gasteiger partial charge in [0.1, 0.15) is 11.3 Å². The molecular weight excluding hydrogens is 392 g/mol. The molecule has 0 N–H and O–H groups in total. The van der Waals surface area contributed by atoms with Gasteiger partial charge in [0.15, 0.2) is 0 Å². The molecule has 0 radical (unpaired) electrons. The summed E-state index contributed by atoms with van der Waals surface area (Å²) in [4.78, 5) is 14.7. The Hall–Kier alpha value is -1.16. The molecule has 3 saturated heterocycles. The highest BCUT2D eigenvalue weighted by Gasteiger charge is 2.53. The Bertz CT molecular complexity index is 667. The maximum atomic E-state index is 15.0. The van der Waals surface area contributed by atoms with Crippen LogP contribution in [0, 0.1) is 0 Å². The average Bonchev–Trinajstić information content (AvgIpc) is 2.84. The monoisotopic (exact) mass is 427 g/mol. The van der Waals surface area contributed by atoms with Gasteiger partial charge in [-0.15, -0.1) is 0 Å². The molecule has 1 unspecified atom stereocenters. The van der Waals surface area contributed by atoms with E-state index in [0.29, 0.717) is 32.7 Å². The zero-order valence-electron chi connectivity index (χ0n) is 19.2. The molecule has 7 nitrogen and oxygen atoms in total. The molecule has 1 atom stereocenters. The first-order valence-electron chi connectivity index (χ1n) is 10.7. The highest BCUT2D eigenvalue weighted by molar-refractivity contribution is 6.53. The Morgan fingerprint density at radius 1 is 1.13 bits per heavy atom.